The van der Waals surface area contributed by atoms with E-state index in [0.29, 0.717) is 0 Å². The van der Waals surface area contributed by atoms with E-state index in [4.69, 9.17) is 0 Å². The van der Waals surface area contributed by atoms with E-state index in [2.05, 4.69) is 423 Å². The van der Waals surface area contributed by atoms with Crippen molar-refractivity contribution < 1.29 is 0 Å². The van der Waals surface area contributed by atoms with Gasteiger partial charge in [-0.25, -0.2) is 0 Å². The second-order valence-electron chi connectivity index (χ2n) is 30.2. The zero-order valence-corrected chi connectivity index (χ0v) is 61.7. The molecule has 0 aliphatic rings. The molecular weight excluding hydrogens is 1270 g/mol. The van der Waals surface area contributed by atoms with Gasteiger partial charge in [-0.1, -0.05) is 0 Å². The first-order valence-corrected chi connectivity index (χ1v) is 40.2. The van der Waals surface area contributed by atoms with Crippen LogP contribution < -0.4 is 14.3 Å². The summed E-state index contributed by atoms with van der Waals surface area (Å²) in [6, 6.07) is 119. The third-order valence-corrected chi connectivity index (χ3v) is 32.9. The maximum atomic E-state index is 2.49. The van der Waals surface area contributed by atoms with Gasteiger partial charge in [0.2, 0.25) is 0 Å². The van der Waals surface area contributed by atoms with Crippen LogP contribution in [0.15, 0.2) is 315 Å². The van der Waals surface area contributed by atoms with Crippen molar-refractivity contribution in [2.24, 2.45) is 0 Å². The van der Waals surface area contributed by atoms with Gasteiger partial charge in [0.1, 0.15) is 0 Å². The zero-order valence-electron chi connectivity index (χ0n) is 58.8. The Labute approximate surface area is 584 Å². The van der Waals surface area contributed by atoms with Crippen LogP contribution in [0.2, 0.25) is 0 Å². The minimum atomic E-state index is -4.59. The van der Waals surface area contributed by atoms with Crippen molar-refractivity contribution in [1.29, 1.82) is 0 Å². The van der Waals surface area contributed by atoms with E-state index < -0.39 is 18.4 Å². The molecule has 0 aromatic heterocycles. The summed E-state index contributed by atoms with van der Waals surface area (Å²) in [5.41, 5.74) is 24.3. The number of rotatable bonds is 16. The van der Waals surface area contributed by atoms with Gasteiger partial charge in [-0.05, 0) is 0 Å². The van der Waals surface area contributed by atoms with Crippen molar-refractivity contribution in [3.05, 3.63) is 404 Å². The fourth-order valence-corrected chi connectivity index (χ4v) is 26.7. The first kappa shape index (κ1) is 67.4. The molecule has 12 rings (SSSR count). The van der Waals surface area contributed by atoms with Crippen LogP contribution in [0.1, 0.15) is 172 Å². The topological polar surface area (TPSA) is 0 Å². The van der Waals surface area contributed by atoms with Crippen molar-refractivity contribution >= 4 is 79.3 Å². The van der Waals surface area contributed by atoms with Crippen molar-refractivity contribution in [2.75, 3.05) is 0 Å². The van der Waals surface area contributed by atoms with Gasteiger partial charge in [-0.3, -0.25) is 0 Å². The van der Waals surface area contributed by atoms with Crippen LogP contribution in [0.25, 0.3) is 46.6 Å². The number of hydrogen-bond acceptors (Lipinski definition) is 0. The van der Waals surface area contributed by atoms with Crippen molar-refractivity contribution in [3.8, 4) is 0 Å². The van der Waals surface area contributed by atoms with Crippen LogP contribution in [0.3, 0.4) is 0 Å². The van der Waals surface area contributed by atoms with Crippen LogP contribution in [0.4, 0.5) is 0 Å². The van der Waals surface area contributed by atoms with E-state index in [0.717, 1.165) is 0 Å². The Kier molecular flexibility index (Phi) is 19.9. The summed E-state index contributed by atoms with van der Waals surface area (Å²) in [4.78, 5) is 0. The molecule has 0 nitrogen and oxygen atoms in total. The van der Waals surface area contributed by atoms with Gasteiger partial charge in [0.25, 0.3) is 0 Å². The SMILES string of the molecule is CC(C)(C)c1ccc(C=C(c2ccccc2)c2cc[c]([Sn]([c]3ccc(C(=Cc4ccc(C(C)(C)C)cc4)c4ccccc4)cc3)([c]3ccc(C(=Cc4ccc(C(C)(C)C)cc4)c4ccccc4)cc3)[c]3ccc(C(=Cc4ccc(C(C)(C)C)cc4)c4ccccc4)cc3)cc2)cc1. The molecule has 0 atom stereocenters. The standard InChI is InChI=1S/4C24H23.Sn/c4*1-24(2,3)22-16-14-19(15-17-22)18-23(20-10-6-4-7-11-20)21-12-8-5-9-13-21;/h4*4,6-18H,1-3H3;. The first-order valence-electron chi connectivity index (χ1n) is 34.5. The molecule has 0 fully saturated rings. The summed E-state index contributed by atoms with van der Waals surface area (Å²) in [6.07, 6.45) is 9.48. The molecule has 0 heterocycles. The molecule has 97 heavy (non-hydrogen) atoms. The van der Waals surface area contributed by atoms with E-state index >= 15 is 0 Å². The van der Waals surface area contributed by atoms with E-state index in [9.17, 15) is 0 Å². The molecule has 0 bridgehead atoms. The predicted molar refractivity (Wildman–Crippen MR) is 424 cm³/mol. The second kappa shape index (κ2) is 28.6. The van der Waals surface area contributed by atoms with Crippen LogP contribution in [-0.2, 0) is 21.7 Å². The Bertz CT molecular complexity index is 4090. The molecule has 1 heteroatoms. The summed E-state index contributed by atoms with van der Waals surface area (Å²) in [7, 11) is 0. The molecule has 0 amide bonds. The normalized spacial score (nSPS) is 13.5. The predicted octanol–water partition coefficient (Wildman–Crippen LogP) is 22.6. The molecule has 12 aromatic carbocycles. The van der Waals surface area contributed by atoms with Gasteiger partial charge in [0, 0.05) is 0 Å². The van der Waals surface area contributed by atoms with Gasteiger partial charge < -0.3 is 0 Å². The molecule has 0 aliphatic carbocycles. The molecule has 0 N–H and O–H groups in total. The maximum absolute atomic E-state index is 4.59. The number of benzene rings is 12. The third kappa shape index (κ3) is 15.6. The summed E-state index contributed by atoms with van der Waals surface area (Å²) in [5.74, 6) is 0. The van der Waals surface area contributed by atoms with Gasteiger partial charge >= 0.3 is 589 Å². The summed E-state index contributed by atoms with van der Waals surface area (Å²) >= 11 is -4.59. The Morgan fingerprint density at radius 2 is 0.340 bits per heavy atom. The van der Waals surface area contributed by atoms with E-state index in [1.54, 1.807) is 0 Å². The Morgan fingerprint density at radius 3 is 0.495 bits per heavy atom. The molecule has 0 radical (unpaired) electrons. The Hall–Kier alpha value is -9.60. The Morgan fingerprint density at radius 1 is 0.186 bits per heavy atom. The Balaban J connectivity index is 1.09. The van der Waals surface area contributed by atoms with Crippen LogP contribution in [0, 0.1) is 0 Å². The van der Waals surface area contributed by atoms with Gasteiger partial charge in [0.15, 0.2) is 0 Å². The fourth-order valence-electron chi connectivity index (χ4n) is 13.4. The van der Waals surface area contributed by atoms with Crippen LogP contribution in [-0.4, -0.2) is 18.4 Å². The summed E-state index contributed by atoms with van der Waals surface area (Å²) < 4.78 is 5.45. The van der Waals surface area contributed by atoms with Gasteiger partial charge in [-0.2, -0.15) is 0 Å². The first-order chi connectivity index (χ1) is 46.6. The molecule has 0 unspecified atom stereocenters. The molecule has 12 aromatic rings. The molecule has 0 aliphatic heterocycles. The third-order valence-electron chi connectivity index (χ3n) is 19.2. The quantitative estimate of drug-likeness (QED) is 0.0668. The molecule has 0 saturated carbocycles. The average molecular weight is 1360 g/mol. The summed E-state index contributed by atoms with van der Waals surface area (Å²) in [6.45, 7) is 27.4. The van der Waals surface area contributed by atoms with Crippen molar-refractivity contribution in [1.82, 2.24) is 0 Å². The molecule has 0 saturated heterocycles. The van der Waals surface area contributed by atoms with Crippen molar-refractivity contribution in [3.63, 3.8) is 0 Å². The van der Waals surface area contributed by atoms with Gasteiger partial charge in [-0.15, -0.1) is 0 Å². The zero-order chi connectivity index (χ0) is 68.0. The van der Waals surface area contributed by atoms with E-state index in [1.165, 1.54) is 126 Å². The van der Waals surface area contributed by atoms with Crippen molar-refractivity contribution in [2.45, 2.75) is 105 Å². The summed E-state index contributed by atoms with van der Waals surface area (Å²) in [5, 5.41) is 0. The monoisotopic (exact) mass is 1360 g/mol. The molecule has 0 spiro atoms. The molecule has 480 valence electrons. The second-order valence-corrected chi connectivity index (χ2v) is 41.1. The minimum absolute atomic E-state index is 0.0546. The van der Waals surface area contributed by atoms with Crippen LogP contribution >= 0.6 is 0 Å². The average Bonchev–Trinajstić information content (AvgIpc) is 0.729. The van der Waals surface area contributed by atoms with Crippen LogP contribution in [0.5, 0.6) is 0 Å². The molecular formula is C96H92Sn. The number of hydrogen-bond donors (Lipinski definition) is 0. The fraction of sp³-hybridized carbons (Fsp3) is 0.167. The van der Waals surface area contributed by atoms with Gasteiger partial charge in [0.05, 0.1) is 0 Å². The van der Waals surface area contributed by atoms with E-state index in [-0.39, 0.29) is 21.7 Å². The van der Waals surface area contributed by atoms with E-state index in [1.807, 2.05) is 0 Å².